The van der Waals surface area contributed by atoms with Crippen LogP contribution in [0.25, 0.3) is 10.6 Å². The number of likely N-dealkylation sites (tertiary alicyclic amines) is 1. The molecule has 2 aliphatic heterocycles. The molecular formula is C20H24N2O3S. The maximum absolute atomic E-state index is 12.7. The number of aromatic nitrogens is 1. The molecule has 0 saturated carbocycles. The van der Waals surface area contributed by atoms with Crippen molar-refractivity contribution in [3.8, 4) is 10.6 Å². The monoisotopic (exact) mass is 372 g/mol. The van der Waals surface area contributed by atoms with E-state index in [-0.39, 0.29) is 5.91 Å². The van der Waals surface area contributed by atoms with Gasteiger partial charge in [-0.3, -0.25) is 4.79 Å². The number of ether oxygens (including phenoxy) is 2. The zero-order valence-corrected chi connectivity index (χ0v) is 16.1. The fraction of sp³-hybridized carbons (Fsp3) is 0.500. The first kappa shape index (κ1) is 17.6. The third-order valence-corrected chi connectivity index (χ3v) is 6.40. The predicted molar refractivity (Wildman–Crippen MR) is 101 cm³/mol. The Bertz CT molecular complexity index is 784. The molecular weight excluding hydrogens is 348 g/mol. The van der Waals surface area contributed by atoms with Gasteiger partial charge in [-0.2, -0.15) is 0 Å². The summed E-state index contributed by atoms with van der Waals surface area (Å²) in [4.78, 5) is 20.4. The lowest BCUT2D eigenvalue weighted by Crippen LogP contribution is -2.47. The summed E-state index contributed by atoms with van der Waals surface area (Å²) in [5.41, 5.74) is 3.29. The minimum Gasteiger partial charge on any atom is -0.347 e. The van der Waals surface area contributed by atoms with Gasteiger partial charge in [0.05, 0.1) is 25.3 Å². The number of benzene rings is 1. The molecule has 0 radical (unpaired) electrons. The van der Waals surface area contributed by atoms with Crippen molar-refractivity contribution < 1.29 is 14.3 Å². The number of thiazole rings is 1. The summed E-state index contributed by atoms with van der Waals surface area (Å²) in [5.74, 6) is -0.268. The quantitative estimate of drug-likeness (QED) is 0.829. The van der Waals surface area contributed by atoms with Gasteiger partial charge in [-0.25, -0.2) is 4.98 Å². The number of amides is 1. The van der Waals surface area contributed by atoms with Crippen molar-refractivity contribution in [2.45, 2.75) is 38.9 Å². The van der Waals surface area contributed by atoms with Crippen LogP contribution in [0.4, 0.5) is 0 Å². The Hall–Kier alpha value is -1.76. The number of carbonyl (C=O) groups excluding carboxylic acids is 1. The van der Waals surface area contributed by atoms with Gasteiger partial charge in [0.25, 0.3) is 0 Å². The zero-order valence-electron chi connectivity index (χ0n) is 15.3. The highest BCUT2D eigenvalue weighted by Crippen LogP contribution is 2.32. The highest BCUT2D eigenvalue weighted by atomic mass is 32.1. The smallest absolute Gasteiger partial charge is 0.227 e. The van der Waals surface area contributed by atoms with E-state index >= 15 is 0 Å². The maximum Gasteiger partial charge on any atom is 0.227 e. The Balaban J connectivity index is 1.41. The third kappa shape index (κ3) is 3.54. The average molecular weight is 372 g/mol. The van der Waals surface area contributed by atoms with E-state index in [1.165, 1.54) is 5.56 Å². The molecule has 1 amide bonds. The van der Waals surface area contributed by atoms with Gasteiger partial charge in [-0.05, 0) is 13.8 Å². The largest absolute Gasteiger partial charge is 0.347 e. The summed E-state index contributed by atoms with van der Waals surface area (Å²) in [6.07, 6.45) is 1.94. The van der Waals surface area contributed by atoms with Crippen LogP contribution < -0.4 is 0 Å². The number of carbonyl (C=O) groups is 1. The van der Waals surface area contributed by atoms with Gasteiger partial charge in [-0.15, -0.1) is 11.3 Å². The van der Waals surface area contributed by atoms with Crippen LogP contribution in [-0.4, -0.2) is 47.9 Å². The molecule has 1 aromatic heterocycles. The van der Waals surface area contributed by atoms with Crippen LogP contribution in [-0.2, 0) is 20.7 Å². The summed E-state index contributed by atoms with van der Waals surface area (Å²) in [5, 5.41) is 0.982. The molecule has 0 unspecified atom stereocenters. The zero-order chi connectivity index (χ0) is 18.1. The van der Waals surface area contributed by atoms with Crippen LogP contribution in [0.3, 0.4) is 0 Å². The van der Waals surface area contributed by atoms with Crippen molar-refractivity contribution in [2.75, 3.05) is 26.3 Å². The first-order valence-electron chi connectivity index (χ1n) is 9.14. The fourth-order valence-corrected chi connectivity index (χ4v) is 4.60. The summed E-state index contributed by atoms with van der Waals surface area (Å²) < 4.78 is 11.5. The Morgan fingerprint density at radius 3 is 2.46 bits per heavy atom. The van der Waals surface area contributed by atoms with E-state index in [1.807, 2.05) is 11.8 Å². The van der Waals surface area contributed by atoms with Crippen LogP contribution in [0, 0.1) is 13.8 Å². The summed E-state index contributed by atoms with van der Waals surface area (Å²) >= 11 is 1.62. The van der Waals surface area contributed by atoms with Crippen LogP contribution in [0.2, 0.25) is 0 Å². The van der Waals surface area contributed by atoms with Gasteiger partial charge >= 0.3 is 0 Å². The summed E-state index contributed by atoms with van der Waals surface area (Å²) in [6, 6.07) is 8.36. The lowest BCUT2D eigenvalue weighted by atomic mass is 10.0. The van der Waals surface area contributed by atoms with Crippen molar-refractivity contribution in [3.05, 3.63) is 40.4 Å². The molecule has 0 atom stereocenters. The van der Waals surface area contributed by atoms with E-state index in [0.29, 0.717) is 32.7 Å². The molecule has 2 aliphatic rings. The Kier molecular flexibility index (Phi) is 4.82. The number of hydrogen-bond donors (Lipinski definition) is 0. The summed E-state index contributed by atoms with van der Waals surface area (Å²) in [7, 11) is 0. The minimum atomic E-state index is -0.435. The number of piperidine rings is 1. The molecule has 0 aliphatic carbocycles. The lowest BCUT2D eigenvalue weighted by Gasteiger charge is -2.37. The van der Waals surface area contributed by atoms with Crippen LogP contribution in [0.15, 0.2) is 24.3 Å². The molecule has 0 bridgehead atoms. The van der Waals surface area contributed by atoms with E-state index in [9.17, 15) is 4.79 Å². The topological polar surface area (TPSA) is 51.7 Å². The fourth-order valence-electron chi connectivity index (χ4n) is 3.54. The second-order valence-electron chi connectivity index (χ2n) is 7.06. The molecule has 2 saturated heterocycles. The summed E-state index contributed by atoms with van der Waals surface area (Å²) in [6.45, 7) is 6.78. The van der Waals surface area contributed by atoms with Gasteiger partial charge in [0, 0.05) is 36.4 Å². The Labute approximate surface area is 157 Å². The first-order valence-corrected chi connectivity index (χ1v) is 9.95. The molecule has 6 heteroatoms. The molecule has 3 heterocycles. The van der Waals surface area contributed by atoms with E-state index in [2.05, 4.69) is 36.2 Å². The molecule has 2 fully saturated rings. The third-order valence-electron chi connectivity index (χ3n) is 5.19. The van der Waals surface area contributed by atoms with Crippen LogP contribution in [0.1, 0.15) is 29.0 Å². The molecule has 138 valence electrons. The van der Waals surface area contributed by atoms with Crippen molar-refractivity contribution in [1.82, 2.24) is 9.88 Å². The second-order valence-corrected chi connectivity index (χ2v) is 8.14. The van der Waals surface area contributed by atoms with Crippen molar-refractivity contribution in [2.24, 2.45) is 0 Å². The Morgan fingerprint density at radius 1 is 1.15 bits per heavy atom. The second kappa shape index (κ2) is 7.10. The van der Waals surface area contributed by atoms with Crippen molar-refractivity contribution >= 4 is 17.2 Å². The van der Waals surface area contributed by atoms with E-state index in [0.717, 1.165) is 34.0 Å². The standard InChI is InChI=1S/C20H24N2O3S/c1-14-3-5-16(6-4-14)19-21-15(2)17(26-19)13-18(23)22-9-7-20(8-10-22)24-11-12-25-20/h3-6H,7-13H2,1-2H3. The molecule has 2 aromatic rings. The minimum absolute atomic E-state index is 0.167. The molecule has 26 heavy (non-hydrogen) atoms. The number of aryl methyl sites for hydroxylation is 2. The van der Waals surface area contributed by atoms with Gasteiger partial charge in [0.15, 0.2) is 5.79 Å². The SMILES string of the molecule is Cc1ccc(-c2nc(C)c(CC(=O)N3CCC4(CC3)OCCO4)s2)cc1. The van der Waals surface area contributed by atoms with Crippen molar-refractivity contribution in [1.29, 1.82) is 0 Å². The number of nitrogens with zero attached hydrogens (tertiary/aromatic N) is 2. The number of hydrogen-bond acceptors (Lipinski definition) is 5. The highest BCUT2D eigenvalue weighted by molar-refractivity contribution is 7.15. The van der Waals surface area contributed by atoms with E-state index < -0.39 is 5.79 Å². The Morgan fingerprint density at radius 2 is 1.81 bits per heavy atom. The van der Waals surface area contributed by atoms with E-state index in [1.54, 1.807) is 11.3 Å². The maximum atomic E-state index is 12.7. The molecule has 1 aromatic carbocycles. The highest BCUT2D eigenvalue weighted by Gasteiger charge is 2.40. The van der Waals surface area contributed by atoms with Gasteiger partial charge in [0.2, 0.25) is 5.91 Å². The predicted octanol–water partition coefficient (Wildman–Crippen LogP) is 3.33. The first-order chi connectivity index (χ1) is 12.5. The average Bonchev–Trinajstić information content (AvgIpc) is 3.24. The molecule has 4 rings (SSSR count). The van der Waals surface area contributed by atoms with Crippen molar-refractivity contribution in [3.63, 3.8) is 0 Å². The van der Waals surface area contributed by atoms with Crippen LogP contribution >= 0.6 is 11.3 Å². The van der Waals surface area contributed by atoms with Crippen LogP contribution in [0.5, 0.6) is 0 Å². The van der Waals surface area contributed by atoms with Gasteiger partial charge < -0.3 is 14.4 Å². The lowest BCUT2D eigenvalue weighted by molar-refractivity contribution is -0.187. The molecule has 5 nitrogen and oxygen atoms in total. The normalized spacial score (nSPS) is 19.2. The molecule has 0 N–H and O–H groups in total. The number of rotatable bonds is 3. The van der Waals surface area contributed by atoms with E-state index in [4.69, 9.17) is 9.47 Å². The molecule has 1 spiro atoms. The van der Waals surface area contributed by atoms with Gasteiger partial charge in [-0.1, -0.05) is 29.8 Å². The van der Waals surface area contributed by atoms with Gasteiger partial charge in [0.1, 0.15) is 5.01 Å².